The Kier molecular flexibility index (Phi) is 4.88. The highest BCUT2D eigenvalue weighted by atomic mass is 16.3. The van der Waals surface area contributed by atoms with E-state index in [1.807, 2.05) is 45.9 Å². The summed E-state index contributed by atoms with van der Waals surface area (Å²) < 4.78 is 0. The van der Waals surface area contributed by atoms with Gasteiger partial charge in [-0.25, -0.2) is 0 Å². The summed E-state index contributed by atoms with van der Waals surface area (Å²) >= 11 is 0. The van der Waals surface area contributed by atoms with E-state index in [0.29, 0.717) is 37.1 Å². The van der Waals surface area contributed by atoms with E-state index >= 15 is 0 Å². The molecule has 0 atom stereocenters. The minimum Gasteiger partial charge on any atom is -0.384 e. The minimum atomic E-state index is -0.890. The number of aliphatic hydroxyl groups is 2. The van der Waals surface area contributed by atoms with Crippen LogP contribution in [0.25, 0.3) is 0 Å². The third-order valence-electron chi connectivity index (χ3n) is 4.04. The average molecular weight is 251 g/mol. The first-order chi connectivity index (χ1) is 8.45. The summed E-state index contributed by atoms with van der Waals surface area (Å²) in [5.74, 6) is 0. The van der Waals surface area contributed by atoms with Gasteiger partial charge in [0, 0.05) is 0 Å². The molecule has 1 aromatic heterocycles. The number of aromatic nitrogens is 1. The van der Waals surface area contributed by atoms with Crippen molar-refractivity contribution < 1.29 is 10.2 Å². The Morgan fingerprint density at radius 2 is 1.17 bits per heavy atom. The van der Waals surface area contributed by atoms with Crippen LogP contribution in [0.3, 0.4) is 0 Å². The van der Waals surface area contributed by atoms with Gasteiger partial charge in [0.05, 0.1) is 11.4 Å². The Hall–Kier alpha value is -0.930. The Morgan fingerprint density at radius 1 is 0.833 bits per heavy atom. The van der Waals surface area contributed by atoms with Crippen molar-refractivity contribution in [3.63, 3.8) is 0 Å². The van der Waals surface area contributed by atoms with Crippen molar-refractivity contribution in [2.24, 2.45) is 0 Å². The average Bonchev–Trinajstić information content (AvgIpc) is 2.45. The Bertz CT molecular complexity index is 349. The molecule has 0 saturated carbocycles. The second-order valence-corrected chi connectivity index (χ2v) is 4.89. The molecule has 1 aromatic rings. The van der Waals surface area contributed by atoms with Crippen molar-refractivity contribution in [1.82, 2.24) is 4.98 Å². The third-order valence-corrected chi connectivity index (χ3v) is 4.04. The van der Waals surface area contributed by atoms with Crippen LogP contribution in [-0.2, 0) is 11.2 Å². The monoisotopic (exact) mass is 251 g/mol. The summed E-state index contributed by atoms with van der Waals surface area (Å²) in [4.78, 5) is 4.50. The summed E-state index contributed by atoms with van der Waals surface area (Å²) in [6.07, 6.45) is 2.49. The van der Waals surface area contributed by atoms with Crippen LogP contribution in [0.1, 0.15) is 64.8 Å². The first kappa shape index (κ1) is 15.1. The molecular weight excluding hydrogens is 226 g/mol. The second kappa shape index (κ2) is 5.81. The molecule has 0 saturated heterocycles. The normalized spacial score (nSPS) is 12.8. The molecule has 0 fully saturated rings. The third kappa shape index (κ3) is 2.73. The molecule has 1 heterocycles. The number of pyridine rings is 1. The summed E-state index contributed by atoms with van der Waals surface area (Å²) in [7, 11) is 0. The van der Waals surface area contributed by atoms with Crippen LogP contribution in [-0.4, -0.2) is 15.2 Å². The maximum Gasteiger partial charge on any atom is 0.106 e. The van der Waals surface area contributed by atoms with Crippen LogP contribution >= 0.6 is 0 Å². The fourth-order valence-electron chi connectivity index (χ4n) is 2.18. The molecule has 3 nitrogen and oxygen atoms in total. The molecule has 0 spiro atoms. The molecule has 0 radical (unpaired) electrons. The molecule has 0 unspecified atom stereocenters. The lowest BCUT2D eigenvalue weighted by Crippen LogP contribution is -2.29. The van der Waals surface area contributed by atoms with E-state index in [2.05, 4.69) is 4.98 Å². The second-order valence-electron chi connectivity index (χ2n) is 4.89. The zero-order valence-corrected chi connectivity index (χ0v) is 11.9. The van der Waals surface area contributed by atoms with Gasteiger partial charge in [0.2, 0.25) is 0 Å². The predicted molar refractivity (Wildman–Crippen MR) is 73.2 cm³/mol. The van der Waals surface area contributed by atoms with Gasteiger partial charge in [-0.2, -0.15) is 0 Å². The maximum absolute atomic E-state index is 10.5. The molecule has 0 aliphatic rings. The highest BCUT2D eigenvalue weighted by Gasteiger charge is 2.31. The van der Waals surface area contributed by atoms with E-state index < -0.39 is 11.2 Å². The van der Waals surface area contributed by atoms with Gasteiger partial charge in [-0.05, 0) is 37.8 Å². The van der Waals surface area contributed by atoms with Gasteiger partial charge in [-0.15, -0.1) is 0 Å². The molecule has 0 aliphatic heterocycles. The summed E-state index contributed by atoms with van der Waals surface area (Å²) in [5, 5.41) is 21.0. The Labute approximate surface area is 110 Å². The van der Waals surface area contributed by atoms with Gasteiger partial charge in [-0.3, -0.25) is 4.98 Å². The van der Waals surface area contributed by atoms with E-state index in [-0.39, 0.29) is 0 Å². The van der Waals surface area contributed by atoms with Crippen LogP contribution < -0.4 is 0 Å². The molecule has 2 N–H and O–H groups in total. The van der Waals surface area contributed by atoms with Crippen molar-refractivity contribution >= 4 is 0 Å². The van der Waals surface area contributed by atoms with Crippen LogP contribution in [0.2, 0.25) is 0 Å². The molecule has 0 aromatic carbocycles. The number of hydrogen-bond donors (Lipinski definition) is 2. The van der Waals surface area contributed by atoms with Crippen molar-refractivity contribution in [2.75, 3.05) is 0 Å². The molecule has 102 valence electrons. The van der Waals surface area contributed by atoms with Crippen molar-refractivity contribution in [2.45, 2.75) is 64.6 Å². The molecule has 18 heavy (non-hydrogen) atoms. The van der Waals surface area contributed by atoms with Crippen molar-refractivity contribution in [1.29, 1.82) is 0 Å². The Morgan fingerprint density at radius 3 is 1.44 bits per heavy atom. The van der Waals surface area contributed by atoms with Crippen LogP contribution in [0, 0.1) is 0 Å². The van der Waals surface area contributed by atoms with E-state index in [1.54, 1.807) is 0 Å². The number of rotatable bonds is 6. The minimum absolute atomic E-state index is 0.622. The molecule has 0 amide bonds. The highest BCUT2D eigenvalue weighted by Crippen LogP contribution is 2.31. The van der Waals surface area contributed by atoms with Gasteiger partial charge in [0.1, 0.15) is 11.2 Å². The lowest BCUT2D eigenvalue weighted by atomic mass is 9.89. The van der Waals surface area contributed by atoms with E-state index in [9.17, 15) is 10.2 Å². The lowest BCUT2D eigenvalue weighted by Gasteiger charge is -2.29. The van der Waals surface area contributed by atoms with Gasteiger partial charge in [0.15, 0.2) is 0 Å². The van der Waals surface area contributed by atoms with Gasteiger partial charge >= 0.3 is 0 Å². The van der Waals surface area contributed by atoms with Gasteiger partial charge in [-0.1, -0.05) is 33.8 Å². The summed E-state index contributed by atoms with van der Waals surface area (Å²) in [5.41, 5.74) is -0.466. The van der Waals surface area contributed by atoms with Gasteiger partial charge < -0.3 is 10.2 Å². The van der Waals surface area contributed by atoms with Crippen LogP contribution in [0.4, 0.5) is 0 Å². The zero-order chi connectivity index (χ0) is 13.8. The van der Waals surface area contributed by atoms with Gasteiger partial charge in [0.25, 0.3) is 0 Å². The van der Waals surface area contributed by atoms with Crippen LogP contribution in [0.15, 0.2) is 18.2 Å². The largest absolute Gasteiger partial charge is 0.384 e. The zero-order valence-electron chi connectivity index (χ0n) is 11.9. The predicted octanol–water partition coefficient (Wildman–Crippen LogP) is 3.10. The first-order valence-corrected chi connectivity index (χ1v) is 6.88. The fourth-order valence-corrected chi connectivity index (χ4v) is 2.18. The summed E-state index contributed by atoms with van der Waals surface area (Å²) in [6, 6.07) is 5.54. The van der Waals surface area contributed by atoms with E-state index in [4.69, 9.17) is 0 Å². The van der Waals surface area contributed by atoms with Crippen molar-refractivity contribution in [3.05, 3.63) is 29.6 Å². The SMILES string of the molecule is CCC(O)(CC)c1cccc(C(O)(CC)CC)n1. The maximum atomic E-state index is 10.5. The standard InChI is InChI=1S/C15H25NO2/c1-5-14(17,6-2)12-10-9-11-13(16-12)15(18,7-3)8-4/h9-11,17-18H,5-8H2,1-4H3. The quantitative estimate of drug-likeness (QED) is 0.817. The number of nitrogens with zero attached hydrogens (tertiary/aromatic N) is 1. The van der Waals surface area contributed by atoms with Crippen molar-refractivity contribution in [3.8, 4) is 0 Å². The van der Waals surface area contributed by atoms with Crippen LogP contribution in [0.5, 0.6) is 0 Å². The highest BCUT2D eigenvalue weighted by molar-refractivity contribution is 5.21. The Balaban J connectivity index is 3.21. The molecular formula is C15H25NO2. The van der Waals surface area contributed by atoms with E-state index in [0.717, 1.165) is 0 Å². The summed E-state index contributed by atoms with van der Waals surface area (Å²) in [6.45, 7) is 7.79. The van der Waals surface area contributed by atoms with E-state index in [1.165, 1.54) is 0 Å². The fraction of sp³-hybridized carbons (Fsp3) is 0.667. The number of hydrogen-bond acceptors (Lipinski definition) is 3. The molecule has 0 bridgehead atoms. The molecule has 0 aliphatic carbocycles. The smallest absolute Gasteiger partial charge is 0.106 e. The molecule has 1 rings (SSSR count). The topological polar surface area (TPSA) is 53.4 Å². The molecule has 3 heteroatoms. The first-order valence-electron chi connectivity index (χ1n) is 6.88. The lowest BCUT2D eigenvalue weighted by molar-refractivity contribution is 0.0131.